The van der Waals surface area contributed by atoms with Gasteiger partial charge in [-0.3, -0.25) is 4.79 Å². The normalized spacial score (nSPS) is 9.81. The third-order valence-electron chi connectivity index (χ3n) is 1.97. The Balaban J connectivity index is 2.34. The van der Waals surface area contributed by atoms with Crippen LogP contribution in [0.15, 0.2) is 24.3 Å². The van der Waals surface area contributed by atoms with Crippen molar-refractivity contribution in [3.63, 3.8) is 0 Å². The molecule has 0 aromatic heterocycles. The van der Waals surface area contributed by atoms with E-state index in [2.05, 4.69) is 17.5 Å². The van der Waals surface area contributed by atoms with Crippen LogP contribution in [-0.2, 0) is 11.2 Å². The van der Waals surface area contributed by atoms with Crippen molar-refractivity contribution in [3.8, 4) is 0 Å². The maximum Gasteiger partial charge on any atom is 0.224 e. The van der Waals surface area contributed by atoms with E-state index in [1.807, 2.05) is 0 Å². The summed E-state index contributed by atoms with van der Waals surface area (Å²) in [7, 11) is 0. The number of amides is 1. The zero-order valence-electron chi connectivity index (χ0n) is 8.70. The monoisotopic (exact) mass is 240 g/mol. The molecule has 5 heteroatoms. The number of halogens is 1. The van der Waals surface area contributed by atoms with Gasteiger partial charge in [-0.2, -0.15) is 0 Å². The molecule has 1 aromatic rings. The molecular weight excluding hydrogens is 227 g/mol. The highest BCUT2D eigenvalue weighted by Crippen LogP contribution is 2.03. The van der Waals surface area contributed by atoms with Gasteiger partial charge in [0.2, 0.25) is 5.91 Å². The second-order valence-corrected chi connectivity index (χ2v) is 3.89. The third kappa shape index (κ3) is 4.84. The van der Waals surface area contributed by atoms with Gasteiger partial charge in [0.1, 0.15) is 5.82 Å². The second kappa shape index (κ2) is 6.17. The Morgan fingerprint density at radius 2 is 2.00 bits per heavy atom. The molecule has 0 saturated carbocycles. The Bertz CT molecular complexity index is 378. The van der Waals surface area contributed by atoms with Crippen molar-refractivity contribution in [1.29, 1.82) is 0 Å². The van der Waals surface area contributed by atoms with Gasteiger partial charge in [0.25, 0.3) is 0 Å². The number of benzene rings is 1. The first kappa shape index (κ1) is 12.6. The average molecular weight is 240 g/mol. The van der Waals surface area contributed by atoms with Crippen LogP contribution >= 0.6 is 12.2 Å². The van der Waals surface area contributed by atoms with Crippen LogP contribution in [0.3, 0.4) is 0 Å². The largest absolute Gasteiger partial charge is 0.393 e. The van der Waals surface area contributed by atoms with E-state index in [4.69, 9.17) is 5.73 Å². The number of hydrogen-bond acceptors (Lipinski definition) is 2. The topological polar surface area (TPSA) is 55.1 Å². The van der Waals surface area contributed by atoms with Crippen LogP contribution in [0.25, 0.3) is 0 Å². The lowest BCUT2D eigenvalue weighted by Crippen LogP contribution is -2.28. The molecule has 0 bridgehead atoms. The van der Waals surface area contributed by atoms with E-state index < -0.39 is 0 Å². The lowest BCUT2D eigenvalue weighted by molar-refractivity contribution is -0.120. The average Bonchev–Trinajstić information content (AvgIpc) is 2.21. The fourth-order valence-electron chi connectivity index (χ4n) is 1.18. The molecule has 16 heavy (non-hydrogen) atoms. The minimum atomic E-state index is -0.308. The first-order chi connectivity index (χ1) is 7.58. The van der Waals surface area contributed by atoms with Crippen LogP contribution < -0.4 is 11.1 Å². The summed E-state index contributed by atoms with van der Waals surface area (Å²) in [5.41, 5.74) is 6.06. The number of rotatable bonds is 5. The van der Waals surface area contributed by atoms with Gasteiger partial charge in [-0.15, -0.1) is 0 Å². The standard InChI is InChI=1S/C11H13FN2OS/c12-9-3-1-8(2-4-9)7-11(15)14-6-5-10(13)16/h1-4H,5-7H2,(H2,13,16)(H,14,15). The Kier molecular flexibility index (Phi) is 4.85. The summed E-state index contributed by atoms with van der Waals surface area (Å²) in [4.78, 5) is 11.8. The molecule has 0 heterocycles. The van der Waals surface area contributed by atoms with E-state index in [1.54, 1.807) is 12.1 Å². The highest BCUT2D eigenvalue weighted by Gasteiger charge is 2.02. The second-order valence-electron chi connectivity index (χ2n) is 3.37. The first-order valence-electron chi connectivity index (χ1n) is 4.87. The zero-order valence-corrected chi connectivity index (χ0v) is 9.52. The Labute approximate surface area is 98.8 Å². The molecule has 3 nitrogen and oxygen atoms in total. The Hall–Kier alpha value is -1.49. The molecule has 0 aliphatic rings. The van der Waals surface area contributed by atoms with Gasteiger partial charge >= 0.3 is 0 Å². The maximum atomic E-state index is 12.6. The van der Waals surface area contributed by atoms with E-state index in [1.165, 1.54) is 12.1 Å². The molecular formula is C11H13FN2OS. The molecule has 0 radical (unpaired) electrons. The lowest BCUT2D eigenvalue weighted by Gasteiger charge is -2.04. The molecule has 0 unspecified atom stereocenters. The van der Waals surface area contributed by atoms with Crippen molar-refractivity contribution in [2.24, 2.45) is 5.73 Å². The van der Waals surface area contributed by atoms with Crippen molar-refractivity contribution in [1.82, 2.24) is 5.32 Å². The molecule has 86 valence electrons. The van der Waals surface area contributed by atoms with Crippen LogP contribution in [0, 0.1) is 5.82 Å². The highest BCUT2D eigenvalue weighted by molar-refractivity contribution is 7.80. The smallest absolute Gasteiger partial charge is 0.224 e. The van der Waals surface area contributed by atoms with Crippen molar-refractivity contribution >= 4 is 23.1 Å². The molecule has 1 amide bonds. The van der Waals surface area contributed by atoms with Gasteiger partial charge in [-0.1, -0.05) is 24.4 Å². The number of carbonyl (C=O) groups is 1. The summed E-state index contributed by atoms with van der Waals surface area (Å²) >= 11 is 4.68. The van der Waals surface area contributed by atoms with Gasteiger partial charge in [0.15, 0.2) is 0 Å². The van der Waals surface area contributed by atoms with Gasteiger partial charge < -0.3 is 11.1 Å². The van der Waals surface area contributed by atoms with Crippen molar-refractivity contribution in [3.05, 3.63) is 35.6 Å². The SMILES string of the molecule is NC(=S)CCNC(=O)Cc1ccc(F)cc1. The van der Waals surface area contributed by atoms with Crippen molar-refractivity contribution in [2.75, 3.05) is 6.54 Å². The Morgan fingerprint density at radius 3 is 2.56 bits per heavy atom. The minimum absolute atomic E-state index is 0.122. The number of nitrogens with two attached hydrogens (primary N) is 1. The minimum Gasteiger partial charge on any atom is -0.393 e. The van der Waals surface area contributed by atoms with E-state index in [0.29, 0.717) is 18.0 Å². The van der Waals surface area contributed by atoms with Gasteiger partial charge in [0.05, 0.1) is 11.4 Å². The summed E-state index contributed by atoms with van der Waals surface area (Å²) in [5, 5.41) is 2.68. The number of hydrogen-bond donors (Lipinski definition) is 2. The van der Waals surface area contributed by atoms with Gasteiger partial charge in [-0.25, -0.2) is 4.39 Å². The van der Waals surface area contributed by atoms with Gasteiger partial charge in [-0.05, 0) is 17.7 Å². The fourth-order valence-corrected chi connectivity index (χ4v) is 1.28. The molecule has 0 aliphatic heterocycles. The molecule has 1 aromatic carbocycles. The summed E-state index contributed by atoms with van der Waals surface area (Å²) in [6, 6.07) is 5.83. The third-order valence-corrected chi connectivity index (χ3v) is 2.18. The number of thiocarbonyl (C=S) groups is 1. The number of nitrogens with one attached hydrogen (secondary N) is 1. The summed E-state index contributed by atoms with van der Waals surface area (Å²) in [5.74, 6) is -0.430. The first-order valence-corrected chi connectivity index (χ1v) is 5.28. The van der Waals surface area contributed by atoms with Crippen LogP contribution in [0.1, 0.15) is 12.0 Å². The summed E-state index contributed by atoms with van der Waals surface area (Å²) < 4.78 is 12.6. The maximum absolute atomic E-state index is 12.6. The van der Waals surface area contributed by atoms with E-state index in [9.17, 15) is 9.18 Å². The molecule has 3 N–H and O–H groups in total. The quantitative estimate of drug-likeness (QED) is 0.759. The van der Waals surface area contributed by atoms with E-state index in [0.717, 1.165) is 5.56 Å². The van der Waals surface area contributed by atoms with E-state index >= 15 is 0 Å². The summed E-state index contributed by atoms with van der Waals surface area (Å²) in [6.07, 6.45) is 0.724. The zero-order chi connectivity index (χ0) is 12.0. The predicted octanol–water partition coefficient (Wildman–Crippen LogP) is 1.16. The van der Waals surface area contributed by atoms with Crippen molar-refractivity contribution in [2.45, 2.75) is 12.8 Å². The fraction of sp³-hybridized carbons (Fsp3) is 0.273. The van der Waals surface area contributed by atoms with E-state index in [-0.39, 0.29) is 18.1 Å². The molecule has 0 aliphatic carbocycles. The Morgan fingerprint density at radius 1 is 1.38 bits per heavy atom. The lowest BCUT2D eigenvalue weighted by atomic mass is 10.1. The van der Waals surface area contributed by atoms with Gasteiger partial charge in [0, 0.05) is 13.0 Å². The molecule has 1 rings (SSSR count). The number of carbonyl (C=O) groups excluding carboxylic acids is 1. The molecule has 0 fully saturated rings. The predicted molar refractivity (Wildman–Crippen MR) is 64.5 cm³/mol. The van der Waals surface area contributed by atoms with Crippen LogP contribution in [0.2, 0.25) is 0 Å². The molecule has 0 saturated heterocycles. The summed E-state index contributed by atoms with van der Waals surface area (Å²) in [6.45, 7) is 0.440. The van der Waals surface area contributed by atoms with Crippen LogP contribution in [-0.4, -0.2) is 17.4 Å². The molecule has 0 atom stereocenters. The van der Waals surface area contributed by atoms with Crippen LogP contribution in [0.4, 0.5) is 4.39 Å². The highest BCUT2D eigenvalue weighted by atomic mass is 32.1. The van der Waals surface area contributed by atoms with Crippen LogP contribution in [0.5, 0.6) is 0 Å². The molecule has 0 spiro atoms. The van der Waals surface area contributed by atoms with Crippen molar-refractivity contribution < 1.29 is 9.18 Å².